The molecule has 0 aliphatic carbocycles. The molecule has 2 aromatic rings. The average Bonchev–Trinajstić information content (AvgIpc) is 3.13. The van der Waals surface area contributed by atoms with E-state index in [4.69, 9.17) is 4.74 Å². The second kappa shape index (κ2) is 7.78. The molecule has 0 saturated carbocycles. The second-order valence-corrected chi connectivity index (χ2v) is 7.32. The Kier molecular flexibility index (Phi) is 5.48. The number of rotatable bonds is 4. The maximum Gasteiger partial charge on any atom is 0.358 e. The zero-order valence-electron chi connectivity index (χ0n) is 14.5. The number of aromatic nitrogens is 1. The second-order valence-electron chi connectivity index (χ2n) is 6.46. The van der Waals surface area contributed by atoms with Crippen molar-refractivity contribution in [3.8, 4) is 10.6 Å². The summed E-state index contributed by atoms with van der Waals surface area (Å²) in [6.45, 7) is 5.29. The Morgan fingerprint density at radius 1 is 1.24 bits per heavy atom. The lowest BCUT2D eigenvalue weighted by Crippen LogP contribution is -2.44. The van der Waals surface area contributed by atoms with Gasteiger partial charge >= 0.3 is 5.97 Å². The number of piperidine rings is 1. The molecule has 5 nitrogen and oxygen atoms in total. The van der Waals surface area contributed by atoms with E-state index >= 15 is 0 Å². The molecular formula is C19H22N2O3S. The van der Waals surface area contributed by atoms with Crippen molar-refractivity contribution in [1.29, 1.82) is 0 Å². The molecule has 0 N–H and O–H groups in total. The summed E-state index contributed by atoms with van der Waals surface area (Å²) in [4.78, 5) is 30.8. The van der Waals surface area contributed by atoms with Crippen molar-refractivity contribution in [2.75, 3.05) is 13.1 Å². The number of esters is 1. The van der Waals surface area contributed by atoms with Gasteiger partial charge in [-0.1, -0.05) is 37.3 Å². The van der Waals surface area contributed by atoms with Crippen LogP contribution in [0.3, 0.4) is 0 Å². The Balaban J connectivity index is 1.60. The van der Waals surface area contributed by atoms with Crippen LogP contribution in [0.15, 0.2) is 35.7 Å². The van der Waals surface area contributed by atoms with Gasteiger partial charge in [0, 0.05) is 24.0 Å². The van der Waals surface area contributed by atoms with Gasteiger partial charge in [0.2, 0.25) is 0 Å². The van der Waals surface area contributed by atoms with Crippen LogP contribution in [0.5, 0.6) is 0 Å². The molecule has 1 aromatic carbocycles. The molecular weight excluding hydrogens is 336 g/mol. The first-order valence-corrected chi connectivity index (χ1v) is 9.43. The minimum Gasteiger partial charge on any atom is -0.448 e. The molecule has 1 atom stereocenters. The van der Waals surface area contributed by atoms with Gasteiger partial charge in [-0.3, -0.25) is 4.79 Å². The van der Waals surface area contributed by atoms with Gasteiger partial charge < -0.3 is 9.64 Å². The van der Waals surface area contributed by atoms with Gasteiger partial charge in [0.25, 0.3) is 5.91 Å². The molecule has 0 bridgehead atoms. The topological polar surface area (TPSA) is 59.5 Å². The Morgan fingerprint density at radius 2 is 1.92 bits per heavy atom. The van der Waals surface area contributed by atoms with Gasteiger partial charge in [-0.05, 0) is 25.7 Å². The van der Waals surface area contributed by atoms with Crippen LogP contribution < -0.4 is 0 Å². The number of carbonyl (C=O) groups excluding carboxylic acids is 2. The van der Waals surface area contributed by atoms with Gasteiger partial charge in [-0.25, -0.2) is 9.78 Å². The Bertz CT molecular complexity index is 736. The molecule has 1 aliphatic heterocycles. The standard InChI is InChI=1S/C19H22N2O3S/c1-13-8-10-21(11-9-13)18(22)14(2)24-19(23)16-12-25-17(20-16)15-6-4-3-5-7-15/h3-7,12-14H,8-11H2,1-2H3. The van der Waals surface area contributed by atoms with E-state index < -0.39 is 12.1 Å². The molecule has 1 saturated heterocycles. The van der Waals surface area contributed by atoms with Crippen LogP contribution in [-0.2, 0) is 9.53 Å². The molecule has 1 unspecified atom stereocenters. The maximum atomic E-state index is 12.4. The summed E-state index contributed by atoms with van der Waals surface area (Å²) in [6.07, 6.45) is 1.21. The molecule has 3 rings (SSSR count). The third kappa shape index (κ3) is 4.25. The zero-order chi connectivity index (χ0) is 17.8. The largest absolute Gasteiger partial charge is 0.448 e. The number of hydrogen-bond acceptors (Lipinski definition) is 5. The number of carbonyl (C=O) groups is 2. The maximum absolute atomic E-state index is 12.4. The first-order valence-electron chi connectivity index (χ1n) is 8.55. The normalized spacial score (nSPS) is 16.5. The smallest absolute Gasteiger partial charge is 0.358 e. The fraction of sp³-hybridized carbons (Fsp3) is 0.421. The Hall–Kier alpha value is -2.21. The lowest BCUT2D eigenvalue weighted by molar-refractivity contribution is -0.141. The highest BCUT2D eigenvalue weighted by Gasteiger charge is 2.27. The number of thiazole rings is 1. The van der Waals surface area contributed by atoms with Crippen molar-refractivity contribution in [3.05, 3.63) is 41.4 Å². The van der Waals surface area contributed by atoms with Crippen molar-refractivity contribution in [3.63, 3.8) is 0 Å². The number of likely N-dealkylation sites (tertiary alicyclic amines) is 1. The molecule has 1 aromatic heterocycles. The quantitative estimate of drug-likeness (QED) is 0.784. The number of hydrogen-bond donors (Lipinski definition) is 0. The van der Waals surface area contributed by atoms with Gasteiger partial charge in [0.1, 0.15) is 5.01 Å². The Labute approximate surface area is 151 Å². The van der Waals surface area contributed by atoms with Crippen LogP contribution in [0, 0.1) is 5.92 Å². The molecule has 25 heavy (non-hydrogen) atoms. The van der Waals surface area contributed by atoms with Crippen molar-refractivity contribution >= 4 is 23.2 Å². The van der Waals surface area contributed by atoms with Crippen LogP contribution in [0.1, 0.15) is 37.2 Å². The highest BCUT2D eigenvalue weighted by atomic mass is 32.1. The van der Waals surface area contributed by atoms with Crippen LogP contribution in [-0.4, -0.2) is 41.0 Å². The SMILES string of the molecule is CC1CCN(C(=O)C(C)OC(=O)c2csc(-c3ccccc3)n2)CC1. The molecule has 6 heteroatoms. The zero-order valence-corrected chi connectivity index (χ0v) is 15.3. The number of nitrogens with zero attached hydrogens (tertiary/aromatic N) is 2. The Morgan fingerprint density at radius 3 is 2.60 bits per heavy atom. The van der Waals surface area contributed by atoms with Crippen molar-refractivity contribution in [2.24, 2.45) is 5.92 Å². The lowest BCUT2D eigenvalue weighted by Gasteiger charge is -2.31. The summed E-state index contributed by atoms with van der Waals surface area (Å²) in [5, 5.41) is 2.43. The highest BCUT2D eigenvalue weighted by molar-refractivity contribution is 7.13. The van der Waals surface area contributed by atoms with E-state index in [9.17, 15) is 9.59 Å². The molecule has 0 radical (unpaired) electrons. The molecule has 0 spiro atoms. The highest BCUT2D eigenvalue weighted by Crippen LogP contribution is 2.24. The van der Waals surface area contributed by atoms with Crippen LogP contribution in [0.4, 0.5) is 0 Å². The number of amides is 1. The van der Waals surface area contributed by atoms with Crippen molar-refractivity contribution < 1.29 is 14.3 Å². The first kappa shape index (κ1) is 17.6. The molecule has 132 valence electrons. The van der Waals surface area contributed by atoms with Gasteiger partial charge in [-0.15, -0.1) is 11.3 Å². The fourth-order valence-electron chi connectivity index (χ4n) is 2.84. The van der Waals surface area contributed by atoms with Crippen LogP contribution in [0.25, 0.3) is 10.6 Å². The minimum atomic E-state index is -0.789. The van der Waals surface area contributed by atoms with Gasteiger partial charge in [0.15, 0.2) is 11.8 Å². The summed E-state index contributed by atoms with van der Waals surface area (Å²) in [7, 11) is 0. The lowest BCUT2D eigenvalue weighted by atomic mass is 9.99. The van der Waals surface area contributed by atoms with E-state index in [0.717, 1.165) is 36.5 Å². The van der Waals surface area contributed by atoms with Gasteiger partial charge in [-0.2, -0.15) is 0 Å². The summed E-state index contributed by atoms with van der Waals surface area (Å²) in [5.41, 5.74) is 1.20. The number of benzene rings is 1. The predicted molar refractivity (Wildman–Crippen MR) is 97.4 cm³/mol. The molecule has 1 aliphatic rings. The number of ether oxygens (including phenoxy) is 1. The van der Waals surface area contributed by atoms with Crippen LogP contribution in [0.2, 0.25) is 0 Å². The van der Waals surface area contributed by atoms with E-state index in [1.807, 2.05) is 30.3 Å². The minimum absolute atomic E-state index is 0.126. The first-order chi connectivity index (χ1) is 12.0. The van der Waals surface area contributed by atoms with Gasteiger partial charge in [0.05, 0.1) is 0 Å². The molecule has 1 amide bonds. The van der Waals surface area contributed by atoms with Crippen molar-refractivity contribution in [2.45, 2.75) is 32.8 Å². The molecule has 2 heterocycles. The third-order valence-corrected chi connectivity index (χ3v) is 5.35. The predicted octanol–water partition coefficient (Wildman–Crippen LogP) is 3.61. The van der Waals surface area contributed by atoms with Crippen LogP contribution >= 0.6 is 11.3 Å². The fourth-order valence-corrected chi connectivity index (χ4v) is 3.63. The summed E-state index contributed by atoms with van der Waals surface area (Å²) in [5.74, 6) is -0.0308. The molecule has 1 fully saturated rings. The third-order valence-electron chi connectivity index (χ3n) is 4.46. The summed E-state index contributed by atoms with van der Waals surface area (Å²) >= 11 is 1.39. The monoisotopic (exact) mass is 358 g/mol. The van der Waals surface area contributed by atoms with E-state index in [0.29, 0.717) is 5.92 Å². The van der Waals surface area contributed by atoms with E-state index in [-0.39, 0.29) is 11.6 Å². The summed E-state index contributed by atoms with van der Waals surface area (Å²) < 4.78 is 5.34. The van der Waals surface area contributed by atoms with E-state index in [1.54, 1.807) is 17.2 Å². The van der Waals surface area contributed by atoms with E-state index in [1.165, 1.54) is 11.3 Å². The van der Waals surface area contributed by atoms with E-state index in [2.05, 4.69) is 11.9 Å². The van der Waals surface area contributed by atoms with Crippen molar-refractivity contribution in [1.82, 2.24) is 9.88 Å². The average molecular weight is 358 g/mol. The summed E-state index contributed by atoms with van der Waals surface area (Å²) in [6, 6.07) is 9.67.